The number of rotatable bonds is 0. The van der Waals surface area contributed by atoms with Gasteiger partial charge in [-0.2, -0.15) is 0 Å². The summed E-state index contributed by atoms with van der Waals surface area (Å²) in [4.78, 5) is 11.3. The molecule has 1 aliphatic heterocycles. The Hall–Kier alpha value is -1.57. The highest BCUT2D eigenvalue weighted by Crippen LogP contribution is 2.32. The van der Waals surface area contributed by atoms with Crippen molar-refractivity contribution in [1.82, 2.24) is 0 Å². The van der Waals surface area contributed by atoms with Gasteiger partial charge in [-0.15, -0.1) is 0 Å². The fourth-order valence-electron chi connectivity index (χ4n) is 2.14. The molecule has 0 aromatic rings. The summed E-state index contributed by atoms with van der Waals surface area (Å²) in [6, 6.07) is 1.59. The maximum Gasteiger partial charge on any atom is 0.336 e. The van der Waals surface area contributed by atoms with Gasteiger partial charge >= 0.3 is 5.63 Å². The maximum absolute atomic E-state index is 11.3. The summed E-state index contributed by atoms with van der Waals surface area (Å²) in [5.74, 6) is 0.733. The first-order valence-electron chi connectivity index (χ1n) is 5.44. The van der Waals surface area contributed by atoms with E-state index in [1.54, 1.807) is 6.07 Å². The third-order valence-corrected chi connectivity index (χ3v) is 3.70. The van der Waals surface area contributed by atoms with Crippen LogP contribution in [0.4, 0.5) is 0 Å². The van der Waals surface area contributed by atoms with Crippen LogP contribution in [0.2, 0.25) is 0 Å². The third-order valence-electron chi connectivity index (χ3n) is 3.70. The Morgan fingerprint density at radius 2 is 1.31 bits per heavy atom. The summed E-state index contributed by atoms with van der Waals surface area (Å²) >= 11 is 0. The van der Waals surface area contributed by atoms with Crippen LogP contribution in [0.1, 0.15) is 27.8 Å². The molecular formula is C14H16O2. The Morgan fingerprint density at radius 3 is 1.94 bits per heavy atom. The van der Waals surface area contributed by atoms with E-state index in [1.165, 1.54) is 16.7 Å². The molecule has 0 aromatic carbocycles. The monoisotopic (exact) mass is 216 g/mol. The summed E-state index contributed by atoms with van der Waals surface area (Å²) < 4.78 is 5.27. The molecule has 0 saturated carbocycles. The van der Waals surface area contributed by atoms with E-state index < -0.39 is 0 Å². The van der Waals surface area contributed by atoms with Crippen molar-refractivity contribution in [3.05, 3.63) is 44.3 Å². The van der Waals surface area contributed by atoms with Crippen LogP contribution in [-0.2, 0) is 0 Å². The van der Waals surface area contributed by atoms with Crippen LogP contribution in [0, 0.1) is 34.6 Å². The van der Waals surface area contributed by atoms with Crippen LogP contribution >= 0.6 is 0 Å². The van der Waals surface area contributed by atoms with Crippen LogP contribution < -0.4 is 5.63 Å². The van der Waals surface area contributed by atoms with Crippen LogP contribution in [0.3, 0.4) is 0 Å². The van der Waals surface area contributed by atoms with Gasteiger partial charge in [0, 0.05) is 11.6 Å². The molecule has 2 aliphatic rings. The molecule has 0 amide bonds. The zero-order valence-corrected chi connectivity index (χ0v) is 10.4. The van der Waals surface area contributed by atoms with Crippen molar-refractivity contribution in [2.75, 3.05) is 0 Å². The molecular weight excluding hydrogens is 200 g/mol. The van der Waals surface area contributed by atoms with Gasteiger partial charge < -0.3 is 4.42 Å². The lowest BCUT2D eigenvalue weighted by molar-refractivity contribution is 0.541. The fourth-order valence-corrected chi connectivity index (χ4v) is 2.14. The average molecular weight is 216 g/mol. The smallest absolute Gasteiger partial charge is 0.336 e. The predicted molar refractivity (Wildman–Crippen MR) is 65.3 cm³/mol. The first-order valence-corrected chi connectivity index (χ1v) is 5.44. The highest BCUT2D eigenvalue weighted by atomic mass is 16.4. The Balaban J connectivity index is 3.07. The zero-order chi connectivity index (χ0) is 12.0. The third kappa shape index (κ3) is 1.37. The minimum Gasteiger partial charge on any atom is -0.422 e. The van der Waals surface area contributed by atoms with E-state index in [4.69, 9.17) is 4.42 Å². The number of hydrogen-bond donors (Lipinski definition) is 0. The summed E-state index contributed by atoms with van der Waals surface area (Å²) in [6.07, 6.45) is 0. The van der Waals surface area contributed by atoms with Crippen molar-refractivity contribution >= 4 is 0 Å². The lowest BCUT2D eigenvalue weighted by Gasteiger charge is -2.01. The second kappa shape index (κ2) is 3.48. The SMILES string of the molecule is Cc1c2cc(=O)oc-2c(C)c(C)c(C)c1C. The second-order valence-corrected chi connectivity index (χ2v) is 4.43. The van der Waals surface area contributed by atoms with Gasteiger partial charge in [-0.1, -0.05) is 0 Å². The number of furan rings is 1. The molecule has 0 bridgehead atoms. The van der Waals surface area contributed by atoms with E-state index in [2.05, 4.69) is 20.8 Å². The minimum atomic E-state index is -0.260. The molecule has 0 unspecified atom stereocenters. The molecule has 0 aromatic heterocycles. The van der Waals surface area contributed by atoms with Gasteiger partial charge in [0.1, 0.15) is 5.76 Å². The van der Waals surface area contributed by atoms with E-state index in [1.807, 2.05) is 13.8 Å². The topological polar surface area (TPSA) is 30.2 Å². The summed E-state index contributed by atoms with van der Waals surface area (Å²) in [5.41, 5.74) is 6.58. The summed E-state index contributed by atoms with van der Waals surface area (Å²) in [7, 11) is 0. The van der Waals surface area contributed by atoms with Gasteiger partial charge in [-0.3, -0.25) is 0 Å². The normalized spacial score (nSPS) is 11.1. The van der Waals surface area contributed by atoms with Crippen LogP contribution in [0.25, 0.3) is 11.3 Å². The van der Waals surface area contributed by atoms with E-state index in [0.29, 0.717) is 0 Å². The quantitative estimate of drug-likeness (QED) is 0.676. The molecule has 2 nitrogen and oxygen atoms in total. The zero-order valence-electron chi connectivity index (χ0n) is 10.4. The molecule has 0 saturated heterocycles. The Kier molecular flexibility index (Phi) is 2.38. The van der Waals surface area contributed by atoms with Crippen LogP contribution in [0.15, 0.2) is 15.3 Å². The lowest BCUT2D eigenvalue weighted by atomic mass is 10.0. The van der Waals surface area contributed by atoms with Gasteiger partial charge in [-0.05, 0) is 62.4 Å². The van der Waals surface area contributed by atoms with Crippen molar-refractivity contribution < 1.29 is 4.42 Å². The molecule has 16 heavy (non-hydrogen) atoms. The van der Waals surface area contributed by atoms with Crippen molar-refractivity contribution in [2.24, 2.45) is 0 Å². The number of fused-ring (bicyclic) bond motifs is 1. The van der Waals surface area contributed by atoms with Crippen molar-refractivity contribution in [1.29, 1.82) is 0 Å². The van der Waals surface area contributed by atoms with Gasteiger partial charge in [0.15, 0.2) is 0 Å². The highest BCUT2D eigenvalue weighted by molar-refractivity contribution is 5.69. The Bertz CT molecular complexity index is 542. The second-order valence-electron chi connectivity index (χ2n) is 4.43. The largest absolute Gasteiger partial charge is 0.422 e. The highest BCUT2D eigenvalue weighted by Gasteiger charge is 2.17. The van der Waals surface area contributed by atoms with Gasteiger partial charge in [-0.25, -0.2) is 4.79 Å². The van der Waals surface area contributed by atoms with Crippen molar-refractivity contribution in [3.8, 4) is 11.3 Å². The van der Waals surface area contributed by atoms with Gasteiger partial charge in [0.25, 0.3) is 0 Å². The maximum atomic E-state index is 11.3. The van der Waals surface area contributed by atoms with E-state index in [9.17, 15) is 4.79 Å². The predicted octanol–water partition coefficient (Wildman–Crippen LogP) is 3.29. The number of hydrogen-bond acceptors (Lipinski definition) is 2. The standard InChI is InChI=1S/C14H16O2/c1-7-8(2)10(4)12-6-13(15)16-14(12)11(5)9(7)3/h6H,1-5H3. The first-order chi connectivity index (χ1) is 7.43. The molecule has 0 N–H and O–H groups in total. The van der Waals surface area contributed by atoms with E-state index in [-0.39, 0.29) is 5.63 Å². The molecule has 2 rings (SSSR count). The molecule has 0 spiro atoms. The molecule has 0 radical (unpaired) electrons. The van der Waals surface area contributed by atoms with E-state index >= 15 is 0 Å². The minimum absolute atomic E-state index is 0.260. The van der Waals surface area contributed by atoms with Crippen molar-refractivity contribution in [3.63, 3.8) is 0 Å². The van der Waals surface area contributed by atoms with Crippen LogP contribution in [-0.4, -0.2) is 0 Å². The molecule has 2 heteroatoms. The molecule has 1 heterocycles. The van der Waals surface area contributed by atoms with Crippen molar-refractivity contribution in [2.45, 2.75) is 34.6 Å². The van der Waals surface area contributed by atoms with E-state index in [0.717, 1.165) is 22.5 Å². The first kappa shape index (κ1) is 10.9. The van der Waals surface area contributed by atoms with Gasteiger partial charge in [0.05, 0.1) is 0 Å². The van der Waals surface area contributed by atoms with Gasteiger partial charge in [0.2, 0.25) is 0 Å². The molecule has 84 valence electrons. The fraction of sp³-hybridized carbons (Fsp3) is 0.357. The summed E-state index contributed by atoms with van der Waals surface area (Å²) in [5, 5.41) is 0. The average Bonchev–Trinajstić information content (AvgIpc) is 2.63. The molecule has 1 aliphatic carbocycles. The molecule has 0 fully saturated rings. The lowest BCUT2D eigenvalue weighted by Crippen LogP contribution is -1.88. The Labute approximate surface area is 95.3 Å². The summed E-state index contributed by atoms with van der Waals surface area (Å²) in [6.45, 7) is 10.3. The Morgan fingerprint density at radius 1 is 0.812 bits per heavy atom. The molecule has 0 atom stereocenters. The van der Waals surface area contributed by atoms with Crippen LogP contribution in [0.5, 0.6) is 0 Å².